The molecule has 0 saturated heterocycles. The summed E-state index contributed by atoms with van der Waals surface area (Å²) in [7, 11) is 0. The third kappa shape index (κ3) is 2.95. The Labute approximate surface area is 152 Å². The highest BCUT2D eigenvalue weighted by molar-refractivity contribution is 6.12. The van der Waals surface area contributed by atoms with E-state index >= 15 is 0 Å². The molecule has 0 bridgehead atoms. The average Bonchev–Trinajstić information content (AvgIpc) is 3.39. The molecule has 1 fully saturated rings. The van der Waals surface area contributed by atoms with Gasteiger partial charge >= 0.3 is 0 Å². The first-order chi connectivity index (χ1) is 12.6. The van der Waals surface area contributed by atoms with Gasteiger partial charge in [0.05, 0.1) is 17.1 Å². The molecule has 2 heterocycles. The first kappa shape index (κ1) is 16.3. The molecule has 3 aromatic rings. The van der Waals surface area contributed by atoms with Crippen LogP contribution in [0.2, 0.25) is 0 Å². The van der Waals surface area contributed by atoms with E-state index in [1.54, 1.807) is 12.3 Å². The zero-order valence-corrected chi connectivity index (χ0v) is 14.9. The maximum Gasteiger partial charge on any atom is 0.256 e. The zero-order chi connectivity index (χ0) is 18.3. The Bertz CT molecular complexity index is 1040. The van der Waals surface area contributed by atoms with Gasteiger partial charge in [0.15, 0.2) is 5.65 Å². The van der Waals surface area contributed by atoms with Crippen molar-refractivity contribution in [2.75, 3.05) is 5.32 Å². The summed E-state index contributed by atoms with van der Waals surface area (Å²) in [5, 5.41) is 8.16. The molecule has 0 radical (unpaired) electrons. The second-order valence-electron chi connectivity index (χ2n) is 6.97. The standard InChI is InChI=1S/C21H20N4O/c1-4-14-6-5-7-16(10-14)23-21(26)17-11-19(15-8-9-15)24-20-18(17)12-22-25(20)13(2)3/h1,5-7,10-13,15H,8-9H2,2-3H3,(H,23,26). The second kappa shape index (κ2) is 6.30. The molecule has 5 heteroatoms. The molecule has 1 amide bonds. The van der Waals surface area contributed by atoms with Crippen LogP contribution in [0, 0.1) is 12.3 Å². The van der Waals surface area contributed by atoms with E-state index < -0.39 is 0 Å². The van der Waals surface area contributed by atoms with Gasteiger partial charge in [0.1, 0.15) is 0 Å². The van der Waals surface area contributed by atoms with E-state index in [-0.39, 0.29) is 11.9 Å². The SMILES string of the molecule is C#Cc1cccc(NC(=O)c2cc(C3CC3)nc3c2cnn3C(C)C)c1. The number of carbonyl (C=O) groups is 1. The lowest BCUT2D eigenvalue weighted by atomic mass is 10.1. The van der Waals surface area contributed by atoms with Crippen molar-refractivity contribution < 1.29 is 4.79 Å². The van der Waals surface area contributed by atoms with Gasteiger partial charge in [0.25, 0.3) is 5.91 Å². The highest BCUT2D eigenvalue weighted by Crippen LogP contribution is 2.40. The van der Waals surface area contributed by atoms with Crippen molar-refractivity contribution in [3.63, 3.8) is 0 Å². The summed E-state index contributed by atoms with van der Waals surface area (Å²) < 4.78 is 1.87. The molecular formula is C21H20N4O. The van der Waals surface area contributed by atoms with E-state index in [4.69, 9.17) is 11.4 Å². The third-order valence-corrected chi connectivity index (χ3v) is 4.60. The minimum Gasteiger partial charge on any atom is -0.322 e. The fraction of sp³-hybridized carbons (Fsp3) is 0.286. The number of fused-ring (bicyclic) bond motifs is 1. The van der Waals surface area contributed by atoms with E-state index in [1.165, 1.54) is 0 Å². The number of carbonyl (C=O) groups excluding carboxylic acids is 1. The predicted molar refractivity (Wildman–Crippen MR) is 102 cm³/mol. The second-order valence-corrected chi connectivity index (χ2v) is 6.97. The van der Waals surface area contributed by atoms with Crippen molar-refractivity contribution >= 4 is 22.6 Å². The minimum absolute atomic E-state index is 0.170. The number of nitrogens with zero attached hydrogens (tertiary/aromatic N) is 3. The summed E-state index contributed by atoms with van der Waals surface area (Å²) in [5.74, 6) is 2.86. The number of aromatic nitrogens is 3. The molecule has 0 spiro atoms. The van der Waals surface area contributed by atoms with E-state index in [1.807, 2.05) is 28.9 Å². The summed E-state index contributed by atoms with van der Waals surface area (Å²) in [5.41, 5.74) is 3.76. The molecule has 4 rings (SSSR count). The molecule has 1 N–H and O–H groups in total. The van der Waals surface area contributed by atoms with Crippen molar-refractivity contribution in [3.05, 3.63) is 53.3 Å². The number of hydrogen-bond acceptors (Lipinski definition) is 3. The normalized spacial score (nSPS) is 13.8. The molecule has 2 aromatic heterocycles. The van der Waals surface area contributed by atoms with Crippen molar-refractivity contribution in [2.24, 2.45) is 0 Å². The predicted octanol–water partition coefficient (Wildman–Crippen LogP) is 4.12. The van der Waals surface area contributed by atoms with Crippen molar-refractivity contribution in [1.82, 2.24) is 14.8 Å². The van der Waals surface area contributed by atoms with Gasteiger partial charge < -0.3 is 5.32 Å². The Morgan fingerprint density at radius 2 is 2.15 bits per heavy atom. The maximum absolute atomic E-state index is 13.0. The number of pyridine rings is 1. The molecule has 0 aliphatic heterocycles. The smallest absolute Gasteiger partial charge is 0.256 e. The van der Waals surface area contributed by atoms with Crippen LogP contribution in [0.3, 0.4) is 0 Å². The summed E-state index contributed by atoms with van der Waals surface area (Å²) in [6.07, 6.45) is 9.42. The first-order valence-electron chi connectivity index (χ1n) is 8.83. The maximum atomic E-state index is 13.0. The van der Waals surface area contributed by atoms with Crippen molar-refractivity contribution in [1.29, 1.82) is 0 Å². The summed E-state index contributed by atoms with van der Waals surface area (Å²) in [6, 6.07) is 9.37. The Hall–Kier alpha value is -3.13. The number of amides is 1. The minimum atomic E-state index is -0.170. The van der Waals surface area contributed by atoms with Gasteiger partial charge in [0.2, 0.25) is 0 Å². The molecule has 1 aromatic carbocycles. The van der Waals surface area contributed by atoms with Crippen LogP contribution in [-0.2, 0) is 0 Å². The van der Waals surface area contributed by atoms with Gasteiger partial charge in [-0.3, -0.25) is 4.79 Å². The Balaban J connectivity index is 1.77. The first-order valence-corrected chi connectivity index (χ1v) is 8.83. The molecule has 26 heavy (non-hydrogen) atoms. The van der Waals surface area contributed by atoms with Crippen LogP contribution in [0.5, 0.6) is 0 Å². The largest absolute Gasteiger partial charge is 0.322 e. The van der Waals surface area contributed by atoms with Gasteiger partial charge in [-0.05, 0) is 51.0 Å². The van der Waals surface area contributed by atoms with Crippen LogP contribution in [0.15, 0.2) is 36.5 Å². The Morgan fingerprint density at radius 1 is 1.35 bits per heavy atom. The van der Waals surface area contributed by atoms with Crippen LogP contribution in [-0.4, -0.2) is 20.7 Å². The highest BCUT2D eigenvalue weighted by atomic mass is 16.1. The lowest BCUT2D eigenvalue weighted by Gasteiger charge is -2.11. The van der Waals surface area contributed by atoms with Gasteiger partial charge in [-0.1, -0.05) is 12.0 Å². The van der Waals surface area contributed by atoms with Crippen LogP contribution in [0.1, 0.15) is 60.3 Å². The van der Waals surface area contributed by atoms with E-state index in [0.29, 0.717) is 17.2 Å². The number of benzene rings is 1. The lowest BCUT2D eigenvalue weighted by molar-refractivity contribution is 0.102. The van der Waals surface area contributed by atoms with Gasteiger partial charge in [-0.15, -0.1) is 6.42 Å². The van der Waals surface area contributed by atoms with Crippen LogP contribution in [0.25, 0.3) is 11.0 Å². The fourth-order valence-corrected chi connectivity index (χ4v) is 3.08. The van der Waals surface area contributed by atoms with Crippen LogP contribution in [0.4, 0.5) is 5.69 Å². The Kier molecular flexibility index (Phi) is 3.96. The molecule has 1 aliphatic carbocycles. The van der Waals surface area contributed by atoms with Crippen LogP contribution >= 0.6 is 0 Å². The summed E-state index contributed by atoms with van der Waals surface area (Å²) in [4.78, 5) is 17.8. The van der Waals surface area contributed by atoms with E-state index in [2.05, 4.69) is 30.2 Å². The molecule has 5 nitrogen and oxygen atoms in total. The topological polar surface area (TPSA) is 59.8 Å². The number of rotatable bonds is 4. The monoisotopic (exact) mass is 344 g/mol. The van der Waals surface area contributed by atoms with Crippen molar-refractivity contribution in [2.45, 2.75) is 38.6 Å². The highest BCUT2D eigenvalue weighted by Gasteiger charge is 2.28. The molecule has 0 unspecified atom stereocenters. The van der Waals surface area contributed by atoms with E-state index in [0.717, 1.165) is 35.1 Å². The van der Waals surface area contributed by atoms with Gasteiger partial charge in [0, 0.05) is 28.9 Å². The number of terminal acetylenes is 1. The molecular weight excluding hydrogens is 324 g/mol. The summed E-state index contributed by atoms with van der Waals surface area (Å²) in [6.45, 7) is 4.12. The number of anilines is 1. The van der Waals surface area contributed by atoms with Gasteiger partial charge in [-0.2, -0.15) is 5.10 Å². The summed E-state index contributed by atoms with van der Waals surface area (Å²) >= 11 is 0. The third-order valence-electron chi connectivity index (χ3n) is 4.60. The molecule has 0 atom stereocenters. The van der Waals surface area contributed by atoms with Crippen molar-refractivity contribution in [3.8, 4) is 12.3 Å². The number of hydrogen-bond donors (Lipinski definition) is 1. The lowest BCUT2D eigenvalue weighted by Crippen LogP contribution is -2.14. The Morgan fingerprint density at radius 3 is 2.85 bits per heavy atom. The van der Waals surface area contributed by atoms with E-state index in [9.17, 15) is 4.79 Å². The average molecular weight is 344 g/mol. The molecule has 1 aliphatic rings. The molecule has 1 saturated carbocycles. The fourth-order valence-electron chi connectivity index (χ4n) is 3.08. The van der Waals surface area contributed by atoms with Gasteiger partial charge in [-0.25, -0.2) is 9.67 Å². The zero-order valence-electron chi connectivity index (χ0n) is 14.9. The number of nitrogens with one attached hydrogen (secondary N) is 1. The quantitative estimate of drug-likeness (QED) is 0.724. The molecule has 130 valence electrons. The van der Waals surface area contributed by atoms with Crippen LogP contribution < -0.4 is 5.32 Å².